The van der Waals surface area contributed by atoms with Crippen LogP contribution in [-0.2, 0) is 12.8 Å². The van der Waals surface area contributed by atoms with Crippen molar-refractivity contribution in [2.75, 3.05) is 6.54 Å². The molecule has 1 heterocycles. The average Bonchev–Trinajstić information content (AvgIpc) is 2.67. The van der Waals surface area contributed by atoms with Gasteiger partial charge >= 0.3 is 0 Å². The molecule has 1 aliphatic carbocycles. The fourth-order valence-electron chi connectivity index (χ4n) is 2.99. The van der Waals surface area contributed by atoms with Gasteiger partial charge in [-0.2, -0.15) is 0 Å². The third kappa shape index (κ3) is 1.87. The number of aromatic nitrogens is 1. The van der Waals surface area contributed by atoms with E-state index < -0.39 is 0 Å². The van der Waals surface area contributed by atoms with Crippen LogP contribution in [0.1, 0.15) is 30.2 Å². The Morgan fingerprint density at radius 2 is 2.29 bits per heavy atom. The predicted octanol–water partition coefficient (Wildman–Crippen LogP) is 2.94. The molecule has 1 aliphatic rings. The van der Waals surface area contributed by atoms with Crippen LogP contribution < -0.4 is 5.32 Å². The molecule has 2 aromatic rings. The first-order valence-electron chi connectivity index (χ1n) is 6.61. The van der Waals surface area contributed by atoms with Gasteiger partial charge in [-0.05, 0) is 50.4 Å². The second-order valence-electron chi connectivity index (χ2n) is 5.13. The normalized spacial score (nSPS) is 19.5. The summed E-state index contributed by atoms with van der Waals surface area (Å²) in [5, 5.41) is 5.01. The Morgan fingerprint density at radius 1 is 1.41 bits per heavy atom. The van der Waals surface area contributed by atoms with E-state index in [1.165, 1.54) is 41.4 Å². The van der Waals surface area contributed by atoms with Crippen molar-refractivity contribution in [1.29, 1.82) is 0 Å². The third-order valence-electron chi connectivity index (χ3n) is 3.84. The predicted molar refractivity (Wildman–Crippen MR) is 72.5 cm³/mol. The SMILES string of the molecule is CCNC1CCc2[nH]c3ccc(C)cc3c2C1. The van der Waals surface area contributed by atoms with Crippen molar-refractivity contribution in [3.63, 3.8) is 0 Å². The first kappa shape index (κ1) is 10.8. The van der Waals surface area contributed by atoms with E-state index >= 15 is 0 Å². The smallest absolute Gasteiger partial charge is 0.0459 e. The molecule has 2 N–H and O–H groups in total. The van der Waals surface area contributed by atoms with Crippen molar-refractivity contribution in [2.45, 2.75) is 39.2 Å². The first-order chi connectivity index (χ1) is 8.28. The molecule has 3 rings (SSSR count). The standard InChI is InChI=1S/C15H20N2/c1-3-16-11-5-7-15-13(9-11)12-8-10(2)4-6-14(12)17-15/h4,6,8,11,16-17H,3,5,7,9H2,1-2H3. The molecule has 90 valence electrons. The molecule has 1 aromatic heterocycles. The summed E-state index contributed by atoms with van der Waals surface area (Å²) in [7, 11) is 0. The van der Waals surface area contributed by atoms with E-state index in [2.05, 4.69) is 42.3 Å². The second-order valence-corrected chi connectivity index (χ2v) is 5.13. The van der Waals surface area contributed by atoms with E-state index in [0.29, 0.717) is 6.04 Å². The van der Waals surface area contributed by atoms with Crippen LogP contribution >= 0.6 is 0 Å². The summed E-state index contributed by atoms with van der Waals surface area (Å²) in [6, 6.07) is 7.38. The van der Waals surface area contributed by atoms with Gasteiger partial charge < -0.3 is 10.3 Å². The Kier molecular flexibility index (Phi) is 2.67. The molecule has 17 heavy (non-hydrogen) atoms. The summed E-state index contributed by atoms with van der Waals surface area (Å²) < 4.78 is 0. The van der Waals surface area contributed by atoms with Gasteiger partial charge in [-0.1, -0.05) is 18.6 Å². The van der Waals surface area contributed by atoms with Crippen molar-refractivity contribution < 1.29 is 0 Å². The zero-order valence-electron chi connectivity index (χ0n) is 10.6. The molecule has 2 nitrogen and oxygen atoms in total. The van der Waals surface area contributed by atoms with Gasteiger partial charge in [0.05, 0.1) is 0 Å². The van der Waals surface area contributed by atoms with Crippen LogP contribution in [0.25, 0.3) is 10.9 Å². The topological polar surface area (TPSA) is 27.8 Å². The minimum Gasteiger partial charge on any atom is -0.358 e. The first-order valence-corrected chi connectivity index (χ1v) is 6.61. The Bertz CT molecular complexity index is 539. The molecular weight excluding hydrogens is 208 g/mol. The highest BCUT2D eigenvalue weighted by molar-refractivity contribution is 5.85. The highest BCUT2D eigenvalue weighted by atomic mass is 14.9. The fraction of sp³-hybridized carbons (Fsp3) is 0.467. The van der Waals surface area contributed by atoms with Gasteiger partial charge in [0.2, 0.25) is 0 Å². The number of fused-ring (bicyclic) bond motifs is 3. The molecule has 0 amide bonds. The van der Waals surface area contributed by atoms with Gasteiger partial charge in [0, 0.05) is 22.6 Å². The minimum atomic E-state index is 0.659. The summed E-state index contributed by atoms with van der Waals surface area (Å²) >= 11 is 0. The number of hydrogen-bond acceptors (Lipinski definition) is 1. The molecule has 0 saturated heterocycles. The molecule has 2 heteroatoms. The van der Waals surface area contributed by atoms with E-state index in [-0.39, 0.29) is 0 Å². The number of H-pyrrole nitrogens is 1. The van der Waals surface area contributed by atoms with Crippen molar-refractivity contribution in [2.24, 2.45) is 0 Å². The zero-order valence-corrected chi connectivity index (χ0v) is 10.6. The highest BCUT2D eigenvalue weighted by Gasteiger charge is 2.21. The van der Waals surface area contributed by atoms with Crippen LogP contribution in [0.4, 0.5) is 0 Å². The minimum absolute atomic E-state index is 0.659. The quantitative estimate of drug-likeness (QED) is 0.812. The molecule has 1 aromatic carbocycles. The maximum absolute atomic E-state index is 3.58. The van der Waals surface area contributed by atoms with Crippen LogP contribution in [0.2, 0.25) is 0 Å². The number of benzene rings is 1. The number of hydrogen-bond donors (Lipinski definition) is 2. The Labute approximate surface area is 102 Å². The summed E-state index contributed by atoms with van der Waals surface area (Å²) in [5.41, 5.74) is 5.66. The van der Waals surface area contributed by atoms with Crippen molar-refractivity contribution in [3.05, 3.63) is 35.0 Å². The van der Waals surface area contributed by atoms with Gasteiger partial charge in [0.15, 0.2) is 0 Å². The summed E-state index contributed by atoms with van der Waals surface area (Å²) in [4.78, 5) is 3.58. The molecule has 0 aliphatic heterocycles. The summed E-state index contributed by atoms with van der Waals surface area (Å²) in [6.07, 6.45) is 3.61. The largest absolute Gasteiger partial charge is 0.358 e. The van der Waals surface area contributed by atoms with E-state index in [9.17, 15) is 0 Å². The van der Waals surface area contributed by atoms with Crippen molar-refractivity contribution in [1.82, 2.24) is 10.3 Å². The lowest BCUT2D eigenvalue weighted by Gasteiger charge is -2.23. The van der Waals surface area contributed by atoms with Crippen LogP contribution in [0, 0.1) is 6.92 Å². The molecule has 0 radical (unpaired) electrons. The van der Waals surface area contributed by atoms with Crippen molar-refractivity contribution >= 4 is 10.9 Å². The number of aryl methyl sites for hydroxylation is 2. The lowest BCUT2D eigenvalue weighted by Crippen LogP contribution is -2.34. The number of nitrogens with one attached hydrogen (secondary N) is 2. The molecule has 0 bridgehead atoms. The third-order valence-corrected chi connectivity index (χ3v) is 3.84. The Morgan fingerprint density at radius 3 is 3.12 bits per heavy atom. The van der Waals surface area contributed by atoms with Crippen molar-refractivity contribution in [3.8, 4) is 0 Å². The van der Waals surface area contributed by atoms with E-state index in [1.807, 2.05) is 0 Å². The molecule has 1 atom stereocenters. The Balaban J connectivity index is 2.04. The summed E-state index contributed by atoms with van der Waals surface area (Å²) in [5.74, 6) is 0. The average molecular weight is 228 g/mol. The van der Waals surface area contributed by atoms with Crippen LogP contribution in [0.15, 0.2) is 18.2 Å². The van der Waals surface area contributed by atoms with E-state index in [0.717, 1.165) is 6.54 Å². The summed E-state index contributed by atoms with van der Waals surface area (Å²) in [6.45, 7) is 5.43. The maximum Gasteiger partial charge on any atom is 0.0459 e. The molecule has 0 saturated carbocycles. The van der Waals surface area contributed by atoms with Crippen LogP contribution in [0.5, 0.6) is 0 Å². The van der Waals surface area contributed by atoms with Gasteiger partial charge in [-0.15, -0.1) is 0 Å². The lowest BCUT2D eigenvalue weighted by atomic mass is 9.91. The Hall–Kier alpha value is -1.28. The molecule has 0 spiro atoms. The van der Waals surface area contributed by atoms with E-state index in [1.54, 1.807) is 5.56 Å². The second kappa shape index (κ2) is 4.19. The van der Waals surface area contributed by atoms with Gasteiger partial charge in [-0.3, -0.25) is 0 Å². The molecular formula is C15H20N2. The fourth-order valence-corrected chi connectivity index (χ4v) is 2.99. The highest BCUT2D eigenvalue weighted by Crippen LogP contribution is 2.29. The number of aromatic amines is 1. The van der Waals surface area contributed by atoms with Crippen LogP contribution in [-0.4, -0.2) is 17.6 Å². The maximum atomic E-state index is 3.58. The zero-order chi connectivity index (χ0) is 11.8. The lowest BCUT2D eigenvalue weighted by molar-refractivity contribution is 0.470. The van der Waals surface area contributed by atoms with Gasteiger partial charge in [0.25, 0.3) is 0 Å². The molecule has 1 unspecified atom stereocenters. The van der Waals surface area contributed by atoms with Gasteiger partial charge in [-0.25, -0.2) is 0 Å². The molecule has 0 fully saturated rings. The number of likely N-dealkylation sites (N-methyl/N-ethyl adjacent to an activating group) is 1. The monoisotopic (exact) mass is 228 g/mol. The number of rotatable bonds is 2. The van der Waals surface area contributed by atoms with Gasteiger partial charge in [0.1, 0.15) is 0 Å². The van der Waals surface area contributed by atoms with E-state index in [4.69, 9.17) is 0 Å². The van der Waals surface area contributed by atoms with Crippen LogP contribution in [0.3, 0.4) is 0 Å².